The Morgan fingerprint density at radius 2 is 2.00 bits per heavy atom. The van der Waals surface area contributed by atoms with Gasteiger partial charge in [-0.05, 0) is 68.1 Å². The number of ether oxygens (including phenoxy) is 2. The number of carbonyl (C=O) groups is 1. The highest BCUT2D eigenvalue weighted by Crippen LogP contribution is 2.44. The fourth-order valence-corrected chi connectivity index (χ4v) is 4.46. The molecule has 3 N–H and O–H groups in total. The molecular formula is C29H46FNO5. The summed E-state index contributed by atoms with van der Waals surface area (Å²) < 4.78 is 25.0. The van der Waals surface area contributed by atoms with Gasteiger partial charge in [-0.2, -0.15) is 0 Å². The summed E-state index contributed by atoms with van der Waals surface area (Å²) in [6, 6.07) is 0. The van der Waals surface area contributed by atoms with Crippen molar-refractivity contribution in [2.45, 2.75) is 78.2 Å². The van der Waals surface area contributed by atoms with Crippen LogP contribution in [0.25, 0.3) is 0 Å². The third-order valence-electron chi connectivity index (χ3n) is 7.39. The predicted molar refractivity (Wildman–Crippen MR) is 140 cm³/mol. The van der Waals surface area contributed by atoms with Crippen molar-refractivity contribution in [3.63, 3.8) is 0 Å². The summed E-state index contributed by atoms with van der Waals surface area (Å²) in [6.45, 7) is 7.67. The molecule has 36 heavy (non-hydrogen) atoms. The molecule has 1 fully saturated rings. The molecule has 1 amide bonds. The summed E-state index contributed by atoms with van der Waals surface area (Å²) in [4.78, 5) is 12.8. The molecule has 1 unspecified atom stereocenters. The third-order valence-corrected chi connectivity index (χ3v) is 7.39. The number of halogens is 1. The fraction of sp³-hybridized carbons (Fsp3) is 0.724. The Labute approximate surface area is 216 Å². The van der Waals surface area contributed by atoms with Crippen molar-refractivity contribution in [3.05, 3.63) is 41.1 Å². The van der Waals surface area contributed by atoms with E-state index in [9.17, 15) is 19.4 Å². The van der Waals surface area contributed by atoms with Crippen LogP contribution < -0.4 is 5.32 Å². The van der Waals surface area contributed by atoms with Gasteiger partial charge in [0, 0.05) is 44.1 Å². The van der Waals surface area contributed by atoms with Crippen molar-refractivity contribution >= 4 is 5.91 Å². The Bertz CT molecular complexity index is 824. The number of aliphatic hydroxyl groups is 2. The third kappa shape index (κ3) is 10.2. The molecule has 0 saturated heterocycles. The zero-order chi connectivity index (χ0) is 26.6. The molecule has 2 aliphatic rings. The Kier molecular flexibility index (Phi) is 12.9. The molecule has 0 aromatic carbocycles. The topological polar surface area (TPSA) is 88.0 Å². The molecule has 0 heterocycles. The average molecular weight is 508 g/mol. The van der Waals surface area contributed by atoms with Crippen molar-refractivity contribution in [1.82, 2.24) is 5.32 Å². The highest BCUT2D eigenvalue weighted by Gasteiger charge is 2.42. The monoisotopic (exact) mass is 507 g/mol. The number of aliphatic hydroxyl groups excluding tert-OH is 2. The van der Waals surface area contributed by atoms with Crippen LogP contribution in [0.3, 0.4) is 0 Å². The van der Waals surface area contributed by atoms with E-state index in [2.05, 4.69) is 18.0 Å². The van der Waals surface area contributed by atoms with Gasteiger partial charge >= 0.3 is 0 Å². The minimum Gasteiger partial charge on any atom is -0.490 e. The first kappa shape index (κ1) is 30.3. The van der Waals surface area contributed by atoms with Crippen LogP contribution in [0, 0.1) is 23.2 Å². The predicted octanol–water partition coefficient (Wildman–Crippen LogP) is 4.98. The number of carbonyl (C=O) groups excluding carboxylic acids is 1. The molecule has 204 valence electrons. The molecule has 0 radical (unpaired) electrons. The molecule has 2 aliphatic carbocycles. The number of allylic oxidation sites excluding steroid dienone is 4. The number of hydrogen-bond donors (Lipinski definition) is 3. The first-order valence-electron chi connectivity index (χ1n) is 13.4. The minimum absolute atomic E-state index is 0.0387. The molecular weight excluding hydrogens is 461 g/mol. The number of methoxy groups -OCH3 is 1. The number of hydrogen-bond acceptors (Lipinski definition) is 5. The maximum absolute atomic E-state index is 14.3. The van der Waals surface area contributed by atoms with E-state index in [1.165, 1.54) is 6.08 Å². The van der Waals surface area contributed by atoms with E-state index in [0.29, 0.717) is 44.9 Å². The zero-order valence-corrected chi connectivity index (χ0v) is 22.5. The number of nitrogens with one attached hydrogen (secondary N) is 1. The molecule has 0 spiro atoms. The summed E-state index contributed by atoms with van der Waals surface area (Å²) >= 11 is 0. The molecule has 0 aliphatic heterocycles. The first-order chi connectivity index (χ1) is 17.2. The van der Waals surface area contributed by atoms with Crippen LogP contribution in [0.15, 0.2) is 41.1 Å². The Hall–Kier alpha value is -1.92. The maximum Gasteiger partial charge on any atom is 0.223 e. The van der Waals surface area contributed by atoms with Crippen molar-refractivity contribution in [1.29, 1.82) is 0 Å². The minimum atomic E-state index is -0.569. The molecule has 6 nitrogen and oxygen atoms in total. The SMILES string of the molecule is CC[C@H](CC[C@@H](O)CC(C(=O)NCC1(CO)CC1)C(C)C)CC1=CC(OCCCOC)=C(F)C=C=C1. The van der Waals surface area contributed by atoms with Gasteiger partial charge < -0.3 is 25.0 Å². The van der Waals surface area contributed by atoms with Crippen LogP contribution in [0.5, 0.6) is 0 Å². The van der Waals surface area contributed by atoms with Crippen molar-refractivity contribution < 1.29 is 28.9 Å². The van der Waals surface area contributed by atoms with Crippen molar-refractivity contribution in [3.8, 4) is 0 Å². The van der Waals surface area contributed by atoms with E-state index < -0.39 is 11.9 Å². The molecule has 3 atom stereocenters. The number of amides is 1. The molecule has 2 rings (SSSR count). The Balaban J connectivity index is 1.87. The van der Waals surface area contributed by atoms with E-state index in [4.69, 9.17) is 9.47 Å². The quantitative estimate of drug-likeness (QED) is 0.180. The van der Waals surface area contributed by atoms with Crippen LogP contribution >= 0.6 is 0 Å². The van der Waals surface area contributed by atoms with Gasteiger partial charge in [-0.25, -0.2) is 4.39 Å². The lowest BCUT2D eigenvalue weighted by Gasteiger charge is -2.25. The van der Waals surface area contributed by atoms with Gasteiger partial charge in [0.1, 0.15) is 0 Å². The van der Waals surface area contributed by atoms with E-state index in [-0.39, 0.29) is 35.5 Å². The molecule has 7 heteroatoms. The largest absolute Gasteiger partial charge is 0.490 e. The van der Waals surface area contributed by atoms with Crippen LogP contribution in [-0.4, -0.2) is 55.7 Å². The van der Waals surface area contributed by atoms with E-state index >= 15 is 0 Å². The molecule has 0 aromatic heterocycles. The van der Waals surface area contributed by atoms with Gasteiger partial charge in [0.15, 0.2) is 11.6 Å². The van der Waals surface area contributed by atoms with E-state index in [1.54, 1.807) is 19.3 Å². The lowest BCUT2D eigenvalue weighted by molar-refractivity contribution is -0.127. The van der Waals surface area contributed by atoms with Crippen LogP contribution in [0.1, 0.15) is 72.1 Å². The second-order valence-electron chi connectivity index (χ2n) is 10.8. The standard InChI is InChI=1S/C29H46FNO5/c1-5-22(16-23-8-6-9-26(30)27(17-23)36-15-7-14-35-4)10-11-24(33)18-25(21(2)3)28(34)31-19-29(20-32)12-13-29/h8-9,17,21-22,24-25,32-33H,5,7,10-16,18-20H2,1-4H3,(H,31,34)/t22-,24-,25?/m1/s1. The van der Waals surface area contributed by atoms with Gasteiger partial charge in [0.05, 0.1) is 19.3 Å². The van der Waals surface area contributed by atoms with Gasteiger partial charge in [-0.3, -0.25) is 4.79 Å². The first-order valence-corrected chi connectivity index (χ1v) is 13.4. The van der Waals surface area contributed by atoms with E-state index in [0.717, 1.165) is 37.7 Å². The second kappa shape index (κ2) is 15.4. The smallest absolute Gasteiger partial charge is 0.223 e. The molecule has 0 bridgehead atoms. The summed E-state index contributed by atoms with van der Waals surface area (Å²) in [7, 11) is 1.62. The van der Waals surface area contributed by atoms with Gasteiger partial charge in [0.2, 0.25) is 5.91 Å². The summed E-state index contributed by atoms with van der Waals surface area (Å²) in [5.41, 5.74) is 3.70. The van der Waals surface area contributed by atoms with Crippen molar-refractivity contribution in [2.75, 3.05) is 33.5 Å². The summed E-state index contributed by atoms with van der Waals surface area (Å²) in [5, 5.41) is 23.3. The second-order valence-corrected chi connectivity index (χ2v) is 10.8. The van der Waals surface area contributed by atoms with Crippen LogP contribution in [-0.2, 0) is 14.3 Å². The highest BCUT2D eigenvalue weighted by atomic mass is 19.1. The van der Waals surface area contributed by atoms with Gasteiger partial charge in [-0.15, -0.1) is 5.73 Å². The summed E-state index contributed by atoms with van der Waals surface area (Å²) in [5.74, 6) is -0.0984. The lowest BCUT2D eigenvalue weighted by Crippen LogP contribution is -2.39. The fourth-order valence-electron chi connectivity index (χ4n) is 4.46. The lowest BCUT2D eigenvalue weighted by atomic mass is 9.85. The maximum atomic E-state index is 14.3. The van der Waals surface area contributed by atoms with Crippen LogP contribution in [0.2, 0.25) is 0 Å². The van der Waals surface area contributed by atoms with Gasteiger partial charge in [0.25, 0.3) is 0 Å². The number of rotatable bonds is 18. The Morgan fingerprint density at radius 3 is 2.61 bits per heavy atom. The zero-order valence-electron chi connectivity index (χ0n) is 22.5. The normalized spacial score (nSPS) is 19.1. The highest BCUT2D eigenvalue weighted by molar-refractivity contribution is 5.79. The Morgan fingerprint density at radius 1 is 1.25 bits per heavy atom. The molecule has 0 aromatic rings. The van der Waals surface area contributed by atoms with Crippen molar-refractivity contribution in [2.24, 2.45) is 23.2 Å². The summed E-state index contributed by atoms with van der Waals surface area (Å²) in [6.07, 6.45) is 10.3. The van der Waals surface area contributed by atoms with Gasteiger partial charge in [-0.1, -0.05) is 27.2 Å². The average Bonchev–Trinajstić information content (AvgIpc) is 3.66. The molecule has 1 saturated carbocycles. The van der Waals surface area contributed by atoms with Crippen LogP contribution in [0.4, 0.5) is 4.39 Å². The van der Waals surface area contributed by atoms with E-state index in [1.807, 2.05) is 13.8 Å².